The molecule has 0 radical (unpaired) electrons. The Kier molecular flexibility index (Phi) is 2.99. The van der Waals surface area contributed by atoms with Crippen molar-refractivity contribution >= 4 is 40.3 Å². The van der Waals surface area contributed by atoms with Crippen LogP contribution in [0, 0.1) is 0 Å². The van der Waals surface area contributed by atoms with E-state index in [1.165, 1.54) is 6.07 Å². The van der Waals surface area contributed by atoms with Gasteiger partial charge in [-0.15, -0.1) is 0 Å². The summed E-state index contributed by atoms with van der Waals surface area (Å²) in [6, 6.07) is 5.04. The minimum absolute atomic E-state index is 0.0626. The highest BCUT2D eigenvalue weighted by Gasteiger charge is 2.10. The smallest absolute Gasteiger partial charge is 0.160 e. The van der Waals surface area contributed by atoms with E-state index in [-0.39, 0.29) is 10.8 Å². The van der Waals surface area contributed by atoms with Crippen LogP contribution in [0.4, 0.5) is 0 Å². The Hall–Kier alpha value is -1.32. The van der Waals surface area contributed by atoms with Crippen molar-refractivity contribution in [1.29, 1.82) is 0 Å². The number of aliphatic imine (C=N–C) groups is 1. The first-order valence-electron chi connectivity index (χ1n) is 4.53. The minimum atomic E-state index is -0.0626. The molecule has 1 aromatic carbocycles. The second kappa shape index (κ2) is 4.28. The second-order valence-electron chi connectivity index (χ2n) is 3.21. The fourth-order valence-corrected chi connectivity index (χ4v) is 1.94. The Bertz CT molecular complexity index is 582. The number of benzene rings is 1. The first-order chi connectivity index (χ1) is 7.63. The van der Waals surface area contributed by atoms with E-state index in [4.69, 9.17) is 23.2 Å². The van der Waals surface area contributed by atoms with Crippen LogP contribution in [0.25, 0.3) is 10.9 Å². The Balaban J connectivity index is 2.81. The summed E-state index contributed by atoms with van der Waals surface area (Å²) in [5.74, 6) is -0.0626. The number of rotatable bonds is 1. The van der Waals surface area contributed by atoms with Gasteiger partial charge in [-0.25, -0.2) is 4.98 Å². The molecule has 0 aliphatic heterocycles. The van der Waals surface area contributed by atoms with Crippen molar-refractivity contribution in [2.75, 3.05) is 7.05 Å². The number of phenols is 1. The molecule has 0 fully saturated rings. The van der Waals surface area contributed by atoms with Crippen LogP contribution in [-0.2, 0) is 0 Å². The summed E-state index contributed by atoms with van der Waals surface area (Å²) < 4.78 is 0. The molecule has 3 nitrogen and oxygen atoms in total. The molecule has 82 valence electrons. The van der Waals surface area contributed by atoms with Gasteiger partial charge in [0.05, 0.1) is 15.7 Å². The lowest BCUT2D eigenvalue weighted by molar-refractivity contribution is 0.480. The second-order valence-corrected chi connectivity index (χ2v) is 4.02. The normalized spacial score (nSPS) is 11.4. The van der Waals surface area contributed by atoms with Crippen molar-refractivity contribution in [3.05, 3.63) is 33.9 Å². The number of hydrogen-bond acceptors (Lipinski definition) is 3. The molecule has 0 amide bonds. The fourth-order valence-electron chi connectivity index (χ4n) is 1.42. The van der Waals surface area contributed by atoms with Crippen LogP contribution in [0.3, 0.4) is 0 Å². The van der Waals surface area contributed by atoms with Crippen molar-refractivity contribution in [3.8, 4) is 5.75 Å². The van der Waals surface area contributed by atoms with Gasteiger partial charge >= 0.3 is 0 Å². The van der Waals surface area contributed by atoms with Crippen molar-refractivity contribution in [1.82, 2.24) is 4.98 Å². The third-order valence-electron chi connectivity index (χ3n) is 2.14. The number of pyridine rings is 1. The molecule has 1 heterocycles. The van der Waals surface area contributed by atoms with Gasteiger partial charge in [0.2, 0.25) is 0 Å². The van der Waals surface area contributed by atoms with Crippen LogP contribution in [0.1, 0.15) is 5.69 Å². The number of aromatic nitrogens is 1. The van der Waals surface area contributed by atoms with Gasteiger partial charge in [0.15, 0.2) is 5.75 Å². The van der Waals surface area contributed by atoms with Gasteiger partial charge in [-0.05, 0) is 18.2 Å². The van der Waals surface area contributed by atoms with Crippen LogP contribution in [0.2, 0.25) is 10.0 Å². The van der Waals surface area contributed by atoms with Gasteiger partial charge < -0.3 is 5.11 Å². The summed E-state index contributed by atoms with van der Waals surface area (Å²) in [6.07, 6.45) is 1.59. The first-order valence-corrected chi connectivity index (χ1v) is 5.29. The largest absolute Gasteiger partial charge is 0.504 e. The maximum atomic E-state index is 9.78. The van der Waals surface area contributed by atoms with Crippen LogP contribution in [0.5, 0.6) is 5.75 Å². The molecule has 5 heteroatoms. The number of halogens is 2. The highest BCUT2D eigenvalue weighted by Crippen LogP contribution is 2.35. The zero-order valence-corrected chi connectivity index (χ0v) is 9.92. The Morgan fingerprint density at radius 2 is 2.06 bits per heavy atom. The average Bonchev–Trinajstić information content (AvgIpc) is 2.26. The molecule has 1 N–H and O–H groups in total. The van der Waals surface area contributed by atoms with Gasteiger partial charge in [-0.2, -0.15) is 0 Å². The van der Waals surface area contributed by atoms with Gasteiger partial charge in [-0.3, -0.25) is 4.99 Å². The molecule has 0 bridgehead atoms. The molecule has 0 aliphatic carbocycles. The van der Waals surface area contributed by atoms with Gasteiger partial charge in [-0.1, -0.05) is 23.2 Å². The maximum Gasteiger partial charge on any atom is 0.160 e. The fraction of sp³-hybridized carbons (Fsp3) is 0.0909. The number of fused-ring (bicyclic) bond motifs is 1. The summed E-state index contributed by atoms with van der Waals surface area (Å²) >= 11 is 11.8. The molecular weight excluding hydrogens is 247 g/mol. The highest BCUT2D eigenvalue weighted by molar-refractivity contribution is 6.39. The molecule has 0 unspecified atom stereocenters. The topological polar surface area (TPSA) is 45.5 Å². The predicted molar refractivity (Wildman–Crippen MR) is 66.9 cm³/mol. The Morgan fingerprint density at radius 3 is 2.75 bits per heavy atom. The maximum absolute atomic E-state index is 9.78. The van der Waals surface area contributed by atoms with E-state index in [2.05, 4.69) is 9.98 Å². The van der Waals surface area contributed by atoms with Crippen LogP contribution in [0.15, 0.2) is 23.2 Å². The van der Waals surface area contributed by atoms with Crippen LogP contribution in [-0.4, -0.2) is 23.4 Å². The highest BCUT2D eigenvalue weighted by atomic mass is 35.5. The monoisotopic (exact) mass is 254 g/mol. The van der Waals surface area contributed by atoms with Gasteiger partial charge in [0, 0.05) is 18.6 Å². The van der Waals surface area contributed by atoms with Crippen molar-refractivity contribution < 1.29 is 5.11 Å². The average molecular weight is 255 g/mol. The Morgan fingerprint density at radius 1 is 1.31 bits per heavy atom. The van der Waals surface area contributed by atoms with E-state index in [0.29, 0.717) is 21.6 Å². The van der Waals surface area contributed by atoms with E-state index in [0.717, 1.165) is 0 Å². The van der Waals surface area contributed by atoms with E-state index >= 15 is 0 Å². The van der Waals surface area contributed by atoms with E-state index in [9.17, 15) is 5.11 Å². The predicted octanol–water partition coefficient (Wildman–Crippen LogP) is 3.30. The summed E-state index contributed by atoms with van der Waals surface area (Å²) in [5, 5.41) is 11.1. The molecule has 2 aromatic rings. The molecule has 0 spiro atoms. The summed E-state index contributed by atoms with van der Waals surface area (Å²) in [6.45, 7) is 0. The molecule has 16 heavy (non-hydrogen) atoms. The van der Waals surface area contributed by atoms with Crippen molar-refractivity contribution in [2.45, 2.75) is 0 Å². The SMILES string of the molecule is CN=Cc1ccc2c(Cl)cc(Cl)c(O)c2n1. The van der Waals surface area contributed by atoms with Gasteiger partial charge in [0.25, 0.3) is 0 Å². The molecule has 0 aliphatic rings. The van der Waals surface area contributed by atoms with Crippen LogP contribution < -0.4 is 0 Å². The van der Waals surface area contributed by atoms with Gasteiger partial charge in [0.1, 0.15) is 5.52 Å². The zero-order chi connectivity index (χ0) is 11.7. The molecule has 0 atom stereocenters. The molecule has 0 saturated carbocycles. The molecule has 1 aromatic heterocycles. The number of aromatic hydroxyl groups is 1. The lowest BCUT2D eigenvalue weighted by atomic mass is 10.2. The molecule has 0 saturated heterocycles. The zero-order valence-electron chi connectivity index (χ0n) is 8.41. The van der Waals surface area contributed by atoms with Crippen molar-refractivity contribution in [2.24, 2.45) is 4.99 Å². The third kappa shape index (κ3) is 1.84. The molecule has 2 rings (SSSR count). The minimum Gasteiger partial charge on any atom is -0.504 e. The lowest BCUT2D eigenvalue weighted by Gasteiger charge is -2.05. The molecular formula is C11H8Cl2N2O. The quantitative estimate of drug-likeness (QED) is 0.794. The first kappa shape index (κ1) is 11.2. The number of phenolic OH excluding ortho intramolecular Hbond substituents is 1. The standard InChI is InChI=1S/C11H8Cl2N2O/c1-14-5-6-2-3-7-8(12)4-9(13)11(16)10(7)15-6/h2-5,16H,1H3. The van der Waals surface area contributed by atoms with E-state index in [1.54, 1.807) is 25.4 Å². The van der Waals surface area contributed by atoms with Crippen LogP contribution >= 0.6 is 23.2 Å². The van der Waals surface area contributed by atoms with E-state index < -0.39 is 0 Å². The van der Waals surface area contributed by atoms with E-state index in [1.807, 2.05) is 0 Å². The summed E-state index contributed by atoms with van der Waals surface area (Å²) in [7, 11) is 1.65. The number of nitrogens with zero attached hydrogens (tertiary/aromatic N) is 2. The third-order valence-corrected chi connectivity index (χ3v) is 2.74. The summed E-state index contributed by atoms with van der Waals surface area (Å²) in [4.78, 5) is 8.07. The lowest BCUT2D eigenvalue weighted by Crippen LogP contribution is -1.89. The summed E-state index contributed by atoms with van der Waals surface area (Å²) in [5.41, 5.74) is 1.03. The van der Waals surface area contributed by atoms with Crippen molar-refractivity contribution in [3.63, 3.8) is 0 Å². The number of hydrogen-bond donors (Lipinski definition) is 1. The Labute approximate surface area is 102 Å².